The van der Waals surface area contributed by atoms with Crippen molar-refractivity contribution in [2.24, 2.45) is 23.7 Å². The molecule has 0 aromatic heterocycles. The van der Waals surface area contributed by atoms with E-state index in [2.05, 4.69) is 74.5 Å². The van der Waals surface area contributed by atoms with Gasteiger partial charge in [-0.3, -0.25) is 0 Å². The molecule has 4 aliphatic carbocycles. The first-order chi connectivity index (χ1) is 21.2. The zero-order chi connectivity index (χ0) is 29.4. The summed E-state index contributed by atoms with van der Waals surface area (Å²) in [5, 5.41) is 0. The first kappa shape index (κ1) is 30.9. The third kappa shape index (κ3) is 8.13. The van der Waals surface area contributed by atoms with Crippen LogP contribution in [-0.2, 0) is 17.6 Å². The van der Waals surface area contributed by atoms with E-state index in [1.165, 1.54) is 101 Å². The summed E-state index contributed by atoms with van der Waals surface area (Å²) in [4.78, 5) is 0. The Morgan fingerprint density at radius 3 is 1.21 bits per heavy atom. The number of benzene rings is 2. The van der Waals surface area contributed by atoms with Crippen LogP contribution in [0.5, 0.6) is 0 Å². The molecule has 6 rings (SSSR count). The number of hydrogen-bond donors (Lipinski definition) is 0. The molecule has 0 radical (unpaired) electrons. The van der Waals surface area contributed by atoms with E-state index in [4.69, 9.17) is 4.74 Å². The van der Waals surface area contributed by atoms with Crippen molar-refractivity contribution in [1.29, 1.82) is 0 Å². The van der Waals surface area contributed by atoms with E-state index in [1.54, 1.807) is 22.3 Å². The highest BCUT2D eigenvalue weighted by Crippen LogP contribution is 2.44. The van der Waals surface area contributed by atoms with Gasteiger partial charge in [0.25, 0.3) is 0 Å². The molecule has 2 aromatic carbocycles. The van der Waals surface area contributed by atoms with Gasteiger partial charge in [-0.25, -0.2) is 0 Å². The maximum Gasteiger partial charge on any atom is 0.0681 e. The summed E-state index contributed by atoms with van der Waals surface area (Å²) < 4.78 is 6.30. The molecule has 0 amide bonds. The monoisotopic (exact) mass is 578 g/mol. The Labute approximate surface area is 263 Å². The van der Waals surface area contributed by atoms with Crippen molar-refractivity contribution in [2.45, 2.75) is 128 Å². The molecule has 2 unspecified atom stereocenters. The molecule has 1 heteroatoms. The molecule has 2 saturated carbocycles. The predicted octanol–water partition coefficient (Wildman–Crippen LogP) is 11.5. The van der Waals surface area contributed by atoms with Crippen molar-refractivity contribution in [1.82, 2.24) is 0 Å². The topological polar surface area (TPSA) is 9.23 Å². The zero-order valence-corrected chi connectivity index (χ0v) is 27.4. The van der Waals surface area contributed by atoms with Gasteiger partial charge in [0.15, 0.2) is 0 Å². The molecule has 2 atom stereocenters. The molecule has 2 fully saturated rings. The number of ether oxygens (including phenoxy) is 1. The van der Waals surface area contributed by atoms with E-state index in [1.807, 2.05) is 0 Å². The molecule has 43 heavy (non-hydrogen) atoms. The summed E-state index contributed by atoms with van der Waals surface area (Å²) in [7, 11) is 0. The van der Waals surface area contributed by atoms with E-state index >= 15 is 0 Å². The van der Waals surface area contributed by atoms with E-state index in [0.29, 0.717) is 0 Å². The van der Waals surface area contributed by atoms with Crippen LogP contribution in [0.15, 0.2) is 71.8 Å². The molecule has 0 N–H and O–H groups in total. The first-order valence-corrected chi connectivity index (χ1v) is 18.3. The van der Waals surface area contributed by atoms with E-state index in [9.17, 15) is 0 Å². The molecule has 2 aromatic rings. The molecule has 0 aliphatic heterocycles. The average Bonchev–Trinajstić information content (AvgIpc) is 3.09. The summed E-state index contributed by atoms with van der Waals surface area (Å²) in [6.07, 6.45) is 26.5. The largest absolute Gasteiger partial charge is 0.373 e. The number of hydrogen-bond acceptors (Lipinski definition) is 1. The predicted molar refractivity (Wildman–Crippen MR) is 183 cm³/mol. The zero-order valence-electron chi connectivity index (χ0n) is 27.4. The Balaban J connectivity index is 0.865. The first-order valence-electron chi connectivity index (χ1n) is 18.3. The Morgan fingerprint density at radius 2 is 0.884 bits per heavy atom. The van der Waals surface area contributed by atoms with Crippen LogP contribution in [0.25, 0.3) is 0 Å². The summed E-state index contributed by atoms with van der Waals surface area (Å²) in [5.41, 5.74) is 9.23. The van der Waals surface area contributed by atoms with Gasteiger partial charge in [0.1, 0.15) is 0 Å². The smallest absolute Gasteiger partial charge is 0.0681 e. The Morgan fingerprint density at radius 1 is 0.488 bits per heavy atom. The van der Waals surface area contributed by atoms with E-state index in [-0.39, 0.29) is 0 Å². The lowest BCUT2D eigenvalue weighted by Crippen LogP contribution is -2.23. The van der Waals surface area contributed by atoms with Gasteiger partial charge in [0.2, 0.25) is 0 Å². The summed E-state index contributed by atoms with van der Waals surface area (Å²) in [6.45, 7) is 6.21. The van der Waals surface area contributed by atoms with E-state index < -0.39 is 0 Å². The molecule has 0 bridgehead atoms. The van der Waals surface area contributed by atoms with Crippen LogP contribution in [0.4, 0.5) is 0 Å². The number of rotatable bonds is 10. The second-order valence-corrected chi connectivity index (χ2v) is 14.7. The lowest BCUT2D eigenvalue weighted by Gasteiger charge is -2.36. The van der Waals surface area contributed by atoms with Gasteiger partial charge in [0.05, 0.1) is 13.2 Å². The lowest BCUT2D eigenvalue weighted by atomic mass is 9.70. The fourth-order valence-electron chi connectivity index (χ4n) is 9.15. The summed E-state index contributed by atoms with van der Waals surface area (Å²) >= 11 is 0. The van der Waals surface area contributed by atoms with Gasteiger partial charge in [-0.2, -0.15) is 0 Å². The van der Waals surface area contributed by atoms with E-state index in [0.717, 1.165) is 61.6 Å². The SMILES string of the molecule is CCc1ccc(C2CCC(C3CC=C(COCC4=CCC(C5CCC(c6ccc(CC)cc6)CC5)CC4)CC3)CC2)cc1. The third-order valence-corrected chi connectivity index (χ3v) is 12.3. The molecule has 1 nitrogen and oxygen atoms in total. The van der Waals surface area contributed by atoms with Gasteiger partial charge in [-0.1, -0.05) is 74.5 Å². The minimum absolute atomic E-state index is 0.790. The number of allylic oxidation sites excluding steroid dienone is 2. The third-order valence-electron chi connectivity index (χ3n) is 12.3. The fourth-order valence-corrected chi connectivity index (χ4v) is 9.15. The van der Waals surface area contributed by atoms with Crippen LogP contribution in [0.3, 0.4) is 0 Å². The number of aryl methyl sites for hydroxylation is 2. The second-order valence-electron chi connectivity index (χ2n) is 14.7. The van der Waals surface area contributed by atoms with Gasteiger partial charge >= 0.3 is 0 Å². The maximum absolute atomic E-state index is 6.30. The van der Waals surface area contributed by atoms with Gasteiger partial charge in [-0.05, 0) is 172 Å². The maximum atomic E-state index is 6.30. The second kappa shape index (κ2) is 15.2. The highest BCUT2D eigenvalue weighted by molar-refractivity contribution is 5.27. The average molecular weight is 579 g/mol. The minimum Gasteiger partial charge on any atom is -0.373 e. The van der Waals surface area contributed by atoms with Crippen LogP contribution in [0.1, 0.15) is 138 Å². The lowest BCUT2D eigenvalue weighted by molar-refractivity contribution is 0.160. The van der Waals surface area contributed by atoms with Gasteiger partial charge < -0.3 is 4.74 Å². The van der Waals surface area contributed by atoms with Crippen LogP contribution in [-0.4, -0.2) is 13.2 Å². The van der Waals surface area contributed by atoms with Crippen molar-refractivity contribution in [3.63, 3.8) is 0 Å². The molecular weight excluding hydrogens is 520 g/mol. The van der Waals surface area contributed by atoms with Crippen molar-refractivity contribution in [3.8, 4) is 0 Å². The molecule has 0 heterocycles. The quantitative estimate of drug-likeness (QED) is 0.255. The minimum atomic E-state index is 0.790. The van der Waals surface area contributed by atoms with Crippen molar-refractivity contribution < 1.29 is 4.74 Å². The molecular formula is C42H58O. The molecule has 0 saturated heterocycles. The van der Waals surface area contributed by atoms with Gasteiger partial charge in [0, 0.05) is 0 Å². The van der Waals surface area contributed by atoms with Crippen molar-refractivity contribution in [3.05, 3.63) is 94.1 Å². The van der Waals surface area contributed by atoms with Crippen molar-refractivity contribution in [2.75, 3.05) is 13.2 Å². The highest BCUT2D eigenvalue weighted by atomic mass is 16.5. The Bertz CT molecular complexity index is 1090. The summed E-state index contributed by atoms with van der Waals surface area (Å²) in [5.74, 6) is 5.26. The van der Waals surface area contributed by atoms with Crippen LogP contribution >= 0.6 is 0 Å². The Kier molecular flexibility index (Phi) is 11.0. The standard InChI is InChI=1S/C42H58O/c1-3-31-5-13-35(14-6-31)39-21-25-41(26-22-39)37-17-9-33(10-18-37)29-43-30-34-11-19-38(20-12-34)42-27-23-40(24-28-42)36-15-7-32(4-2)8-16-36/h5-9,11,13-16,37-42H,3-4,10,12,17-30H2,1-2H3. The summed E-state index contributed by atoms with van der Waals surface area (Å²) in [6, 6.07) is 19.0. The highest BCUT2D eigenvalue weighted by Gasteiger charge is 2.30. The van der Waals surface area contributed by atoms with Crippen molar-refractivity contribution >= 4 is 0 Å². The molecule has 232 valence electrons. The normalized spacial score (nSPS) is 30.0. The van der Waals surface area contributed by atoms with Crippen LogP contribution < -0.4 is 0 Å². The van der Waals surface area contributed by atoms with Crippen LogP contribution in [0.2, 0.25) is 0 Å². The fraction of sp³-hybridized carbons (Fsp3) is 0.619. The molecule has 4 aliphatic rings. The Hall–Kier alpha value is -2.12. The molecule has 0 spiro atoms. The van der Waals surface area contributed by atoms with Gasteiger partial charge in [-0.15, -0.1) is 0 Å². The van der Waals surface area contributed by atoms with Crippen LogP contribution in [0, 0.1) is 23.7 Å².